The lowest BCUT2D eigenvalue weighted by Gasteiger charge is -2.12. The molecule has 0 heterocycles. The van der Waals surface area contributed by atoms with Gasteiger partial charge >= 0.3 is 6.03 Å². The number of carbonyl (C=O) groups is 1. The smallest absolute Gasteiger partial charge is 0.307 e. The summed E-state index contributed by atoms with van der Waals surface area (Å²) in [5.41, 5.74) is 3.85. The number of para-hydroxylation sites is 1. The van der Waals surface area contributed by atoms with Crippen LogP contribution in [0.4, 0.5) is 16.2 Å². The number of halogens is 1. The molecule has 0 aliphatic carbocycles. The van der Waals surface area contributed by atoms with Gasteiger partial charge in [-0.25, -0.2) is 4.79 Å². The number of hydrogen-bond donors (Lipinski definition) is 2. The molecule has 0 saturated heterocycles. The molecule has 0 aliphatic rings. The van der Waals surface area contributed by atoms with Crippen LogP contribution in [0.15, 0.2) is 46.9 Å². The van der Waals surface area contributed by atoms with Crippen LogP contribution >= 0.6 is 15.9 Å². The zero-order chi connectivity index (χ0) is 14.5. The molecule has 3 nitrogen and oxygen atoms in total. The molecule has 2 rings (SSSR count). The Kier molecular flexibility index (Phi) is 4.79. The first-order chi connectivity index (χ1) is 9.60. The molecule has 0 unspecified atom stereocenters. The zero-order valence-corrected chi connectivity index (χ0v) is 13.1. The third-order valence-electron chi connectivity index (χ3n) is 3.02. The van der Waals surface area contributed by atoms with E-state index < -0.39 is 0 Å². The molecule has 4 heteroatoms. The summed E-state index contributed by atoms with van der Waals surface area (Å²) in [5.74, 6) is 0. The van der Waals surface area contributed by atoms with E-state index in [1.165, 1.54) is 0 Å². The number of carbonyl (C=O) groups excluding carboxylic acids is 1. The number of benzene rings is 2. The first kappa shape index (κ1) is 14.6. The third kappa shape index (κ3) is 3.61. The van der Waals surface area contributed by atoms with Crippen molar-refractivity contribution < 1.29 is 4.79 Å². The van der Waals surface area contributed by atoms with Crippen molar-refractivity contribution in [3.05, 3.63) is 58.1 Å². The number of aryl methyl sites for hydroxylation is 2. The number of nitrogens with one attached hydrogen (secondary N) is 2. The molecule has 0 bridgehead atoms. The highest BCUT2D eigenvalue weighted by Gasteiger charge is 2.07. The second-order valence-electron chi connectivity index (χ2n) is 4.57. The predicted octanol–water partition coefficient (Wildman–Crippen LogP) is 4.96. The van der Waals surface area contributed by atoms with Gasteiger partial charge in [-0.1, -0.05) is 31.2 Å². The summed E-state index contributed by atoms with van der Waals surface area (Å²) in [5, 5.41) is 5.72. The minimum Gasteiger partial charge on any atom is -0.307 e. The van der Waals surface area contributed by atoms with Gasteiger partial charge < -0.3 is 10.6 Å². The highest BCUT2D eigenvalue weighted by Crippen LogP contribution is 2.24. The lowest BCUT2D eigenvalue weighted by Crippen LogP contribution is -2.20. The van der Waals surface area contributed by atoms with Crippen LogP contribution in [-0.2, 0) is 6.42 Å². The average Bonchev–Trinajstić information content (AvgIpc) is 2.42. The van der Waals surface area contributed by atoms with Gasteiger partial charge in [0.15, 0.2) is 0 Å². The topological polar surface area (TPSA) is 41.1 Å². The van der Waals surface area contributed by atoms with E-state index >= 15 is 0 Å². The SMILES string of the molecule is CCc1ccccc1NC(=O)Nc1ccc(C)cc1Br. The molecule has 0 atom stereocenters. The van der Waals surface area contributed by atoms with Crippen LogP contribution in [0.3, 0.4) is 0 Å². The quantitative estimate of drug-likeness (QED) is 0.819. The van der Waals surface area contributed by atoms with E-state index in [1.54, 1.807) is 0 Å². The van der Waals surface area contributed by atoms with Gasteiger partial charge in [0.05, 0.1) is 5.69 Å². The molecule has 2 amide bonds. The summed E-state index contributed by atoms with van der Waals surface area (Å²) in [6.45, 7) is 4.07. The molecule has 0 fully saturated rings. The summed E-state index contributed by atoms with van der Waals surface area (Å²) in [6.07, 6.45) is 0.880. The average molecular weight is 333 g/mol. The zero-order valence-electron chi connectivity index (χ0n) is 11.5. The lowest BCUT2D eigenvalue weighted by atomic mass is 10.1. The Hall–Kier alpha value is -1.81. The Labute approximate surface area is 127 Å². The van der Waals surface area contributed by atoms with Gasteiger partial charge in [0.25, 0.3) is 0 Å². The van der Waals surface area contributed by atoms with Gasteiger partial charge in [0.2, 0.25) is 0 Å². The van der Waals surface area contributed by atoms with Crippen molar-refractivity contribution in [3.8, 4) is 0 Å². The number of rotatable bonds is 3. The fourth-order valence-electron chi connectivity index (χ4n) is 1.95. The summed E-state index contributed by atoms with van der Waals surface area (Å²) in [4.78, 5) is 12.0. The maximum absolute atomic E-state index is 12.0. The van der Waals surface area contributed by atoms with Crippen molar-refractivity contribution >= 4 is 33.3 Å². The van der Waals surface area contributed by atoms with Crippen LogP contribution in [0.2, 0.25) is 0 Å². The molecule has 0 aliphatic heterocycles. The maximum atomic E-state index is 12.0. The van der Waals surface area contributed by atoms with Crippen molar-refractivity contribution in [2.45, 2.75) is 20.3 Å². The Morgan fingerprint density at radius 3 is 2.50 bits per heavy atom. The lowest BCUT2D eigenvalue weighted by molar-refractivity contribution is 0.262. The molecular formula is C16H17BrN2O. The minimum absolute atomic E-state index is 0.240. The molecular weight excluding hydrogens is 316 g/mol. The van der Waals surface area contributed by atoms with Crippen LogP contribution in [0.1, 0.15) is 18.1 Å². The highest BCUT2D eigenvalue weighted by molar-refractivity contribution is 9.10. The van der Waals surface area contributed by atoms with Crippen LogP contribution < -0.4 is 10.6 Å². The second-order valence-corrected chi connectivity index (χ2v) is 5.43. The standard InChI is InChI=1S/C16H17BrN2O/c1-3-12-6-4-5-7-14(12)18-16(20)19-15-9-8-11(2)10-13(15)17/h4-10H,3H2,1-2H3,(H2,18,19,20). The van der Waals surface area contributed by atoms with Gasteiger partial charge in [0.1, 0.15) is 0 Å². The van der Waals surface area contributed by atoms with E-state index in [9.17, 15) is 4.79 Å². The van der Waals surface area contributed by atoms with Crippen LogP contribution in [0.25, 0.3) is 0 Å². The molecule has 0 radical (unpaired) electrons. The van der Waals surface area contributed by atoms with E-state index in [4.69, 9.17) is 0 Å². The predicted molar refractivity (Wildman–Crippen MR) is 87.3 cm³/mol. The van der Waals surface area contributed by atoms with Crippen LogP contribution in [-0.4, -0.2) is 6.03 Å². The molecule has 2 aromatic rings. The molecule has 2 aromatic carbocycles. The van der Waals surface area contributed by atoms with Gasteiger partial charge in [-0.3, -0.25) is 0 Å². The number of urea groups is 1. The summed E-state index contributed by atoms with van der Waals surface area (Å²) in [7, 11) is 0. The third-order valence-corrected chi connectivity index (χ3v) is 3.68. The fraction of sp³-hybridized carbons (Fsp3) is 0.188. The van der Waals surface area contributed by atoms with E-state index in [0.29, 0.717) is 0 Å². The molecule has 104 valence electrons. The Morgan fingerprint density at radius 2 is 1.80 bits per heavy atom. The number of anilines is 2. The molecule has 0 spiro atoms. The Bertz CT molecular complexity index is 626. The van der Waals surface area contributed by atoms with Crippen LogP contribution in [0.5, 0.6) is 0 Å². The summed E-state index contributed by atoms with van der Waals surface area (Å²) in [6, 6.07) is 13.4. The first-order valence-electron chi connectivity index (χ1n) is 6.52. The molecule has 0 saturated carbocycles. The van der Waals surface area contributed by atoms with Gasteiger partial charge in [0, 0.05) is 10.2 Å². The van der Waals surface area contributed by atoms with Gasteiger partial charge in [-0.15, -0.1) is 0 Å². The highest BCUT2D eigenvalue weighted by atomic mass is 79.9. The number of hydrogen-bond acceptors (Lipinski definition) is 1. The number of amides is 2. The van der Waals surface area contributed by atoms with Crippen molar-refractivity contribution in [2.24, 2.45) is 0 Å². The molecule has 2 N–H and O–H groups in total. The van der Waals surface area contributed by atoms with Crippen LogP contribution in [0, 0.1) is 6.92 Å². The fourth-order valence-corrected chi connectivity index (χ4v) is 2.54. The van der Waals surface area contributed by atoms with E-state index in [2.05, 4.69) is 33.5 Å². The normalized spacial score (nSPS) is 10.2. The summed E-state index contributed by atoms with van der Waals surface area (Å²) >= 11 is 3.45. The molecule has 20 heavy (non-hydrogen) atoms. The first-order valence-corrected chi connectivity index (χ1v) is 7.31. The monoisotopic (exact) mass is 332 g/mol. The minimum atomic E-state index is -0.240. The van der Waals surface area contributed by atoms with Gasteiger partial charge in [-0.05, 0) is 58.6 Å². The summed E-state index contributed by atoms with van der Waals surface area (Å²) < 4.78 is 0.872. The largest absolute Gasteiger partial charge is 0.323 e. The van der Waals surface area contributed by atoms with E-state index in [0.717, 1.165) is 33.4 Å². The Morgan fingerprint density at radius 1 is 1.10 bits per heavy atom. The Balaban J connectivity index is 2.09. The van der Waals surface area contributed by atoms with Crippen molar-refractivity contribution in [3.63, 3.8) is 0 Å². The second kappa shape index (κ2) is 6.57. The van der Waals surface area contributed by atoms with E-state index in [1.807, 2.05) is 49.4 Å². The van der Waals surface area contributed by atoms with Crippen molar-refractivity contribution in [1.29, 1.82) is 0 Å². The van der Waals surface area contributed by atoms with E-state index in [-0.39, 0.29) is 6.03 Å². The van der Waals surface area contributed by atoms with Crippen molar-refractivity contribution in [2.75, 3.05) is 10.6 Å². The van der Waals surface area contributed by atoms with Gasteiger partial charge in [-0.2, -0.15) is 0 Å². The van der Waals surface area contributed by atoms with Crippen molar-refractivity contribution in [1.82, 2.24) is 0 Å². The maximum Gasteiger partial charge on any atom is 0.323 e. The molecule has 0 aromatic heterocycles.